The lowest BCUT2D eigenvalue weighted by molar-refractivity contribution is -0.172. The van der Waals surface area contributed by atoms with Gasteiger partial charge in [-0.05, 0) is 25.7 Å². The van der Waals surface area contributed by atoms with E-state index in [4.69, 9.17) is 18.9 Å². The molecule has 1 atom stereocenters. The summed E-state index contributed by atoms with van der Waals surface area (Å²) in [6.45, 7) is 10.5. The monoisotopic (exact) mass is 1760 g/mol. The van der Waals surface area contributed by atoms with Crippen LogP contribution in [-0.4, -0.2) is 50.3 Å². The first kappa shape index (κ1) is 123. The van der Waals surface area contributed by atoms with Crippen molar-refractivity contribution in [1.29, 1.82) is 0 Å². The molecule has 0 fully saturated rings. The van der Waals surface area contributed by atoms with Crippen LogP contribution >= 0.6 is 0 Å². The minimum absolute atomic E-state index is 0.161. The zero-order valence-corrected chi connectivity index (χ0v) is 86.3. The molecule has 0 heterocycles. The Morgan fingerprint density at radius 1 is 0.160 bits per heavy atom. The van der Waals surface area contributed by atoms with Gasteiger partial charge in [-0.1, -0.05) is 645 Å². The van der Waals surface area contributed by atoms with Crippen molar-refractivity contribution in [2.24, 2.45) is 11.3 Å². The van der Waals surface area contributed by atoms with Gasteiger partial charge in [0.15, 0.2) is 0 Å². The summed E-state index contributed by atoms with van der Waals surface area (Å²) in [6.07, 6.45) is 133. The first-order chi connectivity index (χ1) is 61.7. The number of carbonyl (C=O) groups excluding carboxylic acids is 4. The second-order valence-electron chi connectivity index (χ2n) is 41.3. The van der Waals surface area contributed by atoms with Crippen LogP contribution in [0, 0.1) is 11.3 Å². The highest BCUT2D eigenvalue weighted by molar-refractivity contribution is 5.72. The van der Waals surface area contributed by atoms with E-state index in [1.54, 1.807) is 0 Å². The highest BCUT2D eigenvalue weighted by atomic mass is 16.6. The Hall–Kier alpha value is -2.12. The van der Waals surface area contributed by atoms with E-state index in [2.05, 4.69) is 27.7 Å². The number of carbonyl (C=O) groups is 4. The Bertz CT molecular complexity index is 1900. The fourth-order valence-corrected chi connectivity index (χ4v) is 19.1. The zero-order chi connectivity index (χ0) is 90.2. The van der Waals surface area contributed by atoms with Gasteiger partial charge in [-0.15, -0.1) is 0 Å². The molecular weight excluding hydrogens is 1530 g/mol. The second kappa shape index (κ2) is 107. The third-order valence-corrected chi connectivity index (χ3v) is 28.2. The maximum Gasteiger partial charge on any atom is 0.308 e. The number of hydrogen-bond acceptors (Lipinski definition) is 8. The molecule has 0 saturated heterocycles. The highest BCUT2D eigenvalue weighted by Crippen LogP contribution is 2.28. The molecule has 0 aliphatic carbocycles. The Morgan fingerprint density at radius 2 is 0.272 bits per heavy atom. The Kier molecular flexibility index (Phi) is 105. The van der Waals surface area contributed by atoms with E-state index in [0.717, 1.165) is 77.0 Å². The van der Waals surface area contributed by atoms with Crippen molar-refractivity contribution in [3.05, 3.63) is 0 Å². The van der Waals surface area contributed by atoms with Crippen LogP contribution < -0.4 is 0 Å². The van der Waals surface area contributed by atoms with Crippen molar-refractivity contribution < 1.29 is 38.1 Å². The van der Waals surface area contributed by atoms with Gasteiger partial charge in [0.2, 0.25) is 0 Å². The molecule has 0 radical (unpaired) electrons. The maximum atomic E-state index is 14.0. The average molecular weight is 1760 g/mol. The van der Waals surface area contributed by atoms with Crippen LogP contribution in [0.4, 0.5) is 0 Å². The first-order valence-electron chi connectivity index (χ1n) is 58.4. The maximum absolute atomic E-state index is 14.0. The van der Waals surface area contributed by atoms with Crippen molar-refractivity contribution in [3.8, 4) is 0 Å². The molecule has 8 heteroatoms. The topological polar surface area (TPSA) is 105 Å². The predicted molar refractivity (Wildman–Crippen MR) is 549 cm³/mol. The van der Waals surface area contributed by atoms with Crippen molar-refractivity contribution in [3.63, 3.8) is 0 Å². The normalized spacial score (nSPS) is 12.0. The molecule has 744 valence electrons. The van der Waals surface area contributed by atoms with Crippen LogP contribution in [0.3, 0.4) is 0 Å². The molecular formula is C117H228O8. The standard InChI is InChI=1S/C117H228O8/c1-6-10-14-18-22-26-30-34-38-42-46-50-54-57-61-65-69-73-77-81-85-89-93-97-101-105-113(118)122-108-117(109-123-114(119)106-102-98-94-90-86-82-78-74-70-66-62-58-55-51-47-43-39-35-31-27-23-19-15-11-7-2,110-124-115(120)107-103-99-95-91-87-83-79-75-71-67-63-59-56-52-48-44-40-36-32-28-24-20-16-12-8-3)111-125-116(121)112(5)104-100-96-92-88-84-80-76-72-68-64-60-53-49-45-41-37-33-29-25-21-17-13-9-4/h112H,6-111H2,1-5H3. The van der Waals surface area contributed by atoms with Crippen LogP contribution in [-0.2, 0) is 38.1 Å². The van der Waals surface area contributed by atoms with E-state index >= 15 is 0 Å². The third-order valence-electron chi connectivity index (χ3n) is 28.2. The summed E-state index contributed by atoms with van der Waals surface area (Å²) >= 11 is 0. The quantitative estimate of drug-likeness (QED) is 0.0337. The Morgan fingerprint density at radius 3 is 0.408 bits per heavy atom. The summed E-state index contributed by atoms with van der Waals surface area (Å²) in [5, 5.41) is 0. The van der Waals surface area contributed by atoms with Gasteiger partial charge >= 0.3 is 23.9 Å². The molecule has 0 bridgehead atoms. The summed E-state index contributed by atoms with van der Waals surface area (Å²) in [5.74, 6) is -1.56. The highest BCUT2D eigenvalue weighted by Gasteiger charge is 2.38. The van der Waals surface area contributed by atoms with Crippen LogP contribution in [0.5, 0.6) is 0 Å². The molecule has 0 spiro atoms. The molecule has 0 aliphatic heterocycles. The number of hydrogen-bond donors (Lipinski definition) is 0. The molecule has 0 amide bonds. The van der Waals surface area contributed by atoms with Gasteiger partial charge in [0.25, 0.3) is 0 Å². The predicted octanol–water partition coefficient (Wildman–Crippen LogP) is 40.7. The van der Waals surface area contributed by atoms with Gasteiger partial charge in [-0.3, -0.25) is 19.2 Å². The lowest BCUT2D eigenvalue weighted by atomic mass is 9.91. The van der Waals surface area contributed by atoms with Crippen LogP contribution in [0.25, 0.3) is 0 Å². The molecule has 0 rings (SSSR count). The van der Waals surface area contributed by atoms with Gasteiger partial charge in [0, 0.05) is 19.3 Å². The molecule has 0 saturated carbocycles. The Labute approximate surface area is 784 Å². The van der Waals surface area contributed by atoms with E-state index in [0.29, 0.717) is 19.3 Å². The van der Waals surface area contributed by atoms with Crippen LogP contribution in [0.1, 0.15) is 690 Å². The molecule has 8 nitrogen and oxygen atoms in total. The minimum Gasteiger partial charge on any atom is -0.465 e. The van der Waals surface area contributed by atoms with Gasteiger partial charge < -0.3 is 18.9 Å². The molecule has 0 aromatic carbocycles. The summed E-state index contributed by atoms with van der Waals surface area (Å²) in [4.78, 5) is 55.2. The number of unbranched alkanes of at least 4 members (excludes halogenated alkanes) is 94. The van der Waals surface area contributed by atoms with Crippen LogP contribution in [0.15, 0.2) is 0 Å². The molecule has 0 aliphatic rings. The average Bonchev–Trinajstić information content (AvgIpc) is 0.849. The summed E-state index contributed by atoms with van der Waals surface area (Å²) < 4.78 is 24.6. The van der Waals surface area contributed by atoms with Gasteiger partial charge in [0.1, 0.15) is 31.8 Å². The lowest BCUT2D eigenvalue weighted by Gasteiger charge is -2.32. The van der Waals surface area contributed by atoms with Crippen molar-refractivity contribution in [1.82, 2.24) is 0 Å². The zero-order valence-electron chi connectivity index (χ0n) is 86.3. The van der Waals surface area contributed by atoms with Gasteiger partial charge in [-0.25, -0.2) is 0 Å². The van der Waals surface area contributed by atoms with E-state index in [1.165, 1.54) is 559 Å². The smallest absolute Gasteiger partial charge is 0.308 e. The number of esters is 4. The summed E-state index contributed by atoms with van der Waals surface area (Å²) in [7, 11) is 0. The van der Waals surface area contributed by atoms with E-state index in [-0.39, 0.29) is 56.2 Å². The van der Waals surface area contributed by atoms with Crippen molar-refractivity contribution in [2.75, 3.05) is 26.4 Å². The summed E-state index contributed by atoms with van der Waals surface area (Å²) in [6, 6.07) is 0. The Balaban J connectivity index is 5.41. The largest absolute Gasteiger partial charge is 0.465 e. The summed E-state index contributed by atoms with van der Waals surface area (Å²) in [5.41, 5.74) is -1.23. The third kappa shape index (κ3) is 101. The van der Waals surface area contributed by atoms with Gasteiger partial charge in [0.05, 0.1) is 5.92 Å². The van der Waals surface area contributed by atoms with Crippen molar-refractivity contribution in [2.45, 2.75) is 690 Å². The molecule has 1 unspecified atom stereocenters. The first-order valence-corrected chi connectivity index (χ1v) is 58.4. The van der Waals surface area contributed by atoms with Crippen LogP contribution in [0.2, 0.25) is 0 Å². The SMILES string of the molecule is CCCCCCCCCCCCCCCCCCCCCCCCCCCC(=O)OCC(COC(=O)CCCCCCCCCCCCCCCCCCCCCCCCCCC)(COC(=O)CCCCCCCCCCCCCCCCCCCCCCCCCCC)COC(=O)C(C)CCCCCCCCCCCCCCCCCCCCCCCCC. The number of rotatable bonds is 111. The van der Waals surface area contributed by atoms with Crippen molar-refractivity contribution >= 4 is 23.9 Å². The molecule has 0 aromatic rings. The second-order valence-corrected chi connectivity index (χ2v) is 41.3. The van der Waals surface area contributed by atoms with E-state index in [1.807, 2.05) is 6.92 Å². The fraction of sp³-hybridized carbons (Fsp3) is 0.966. The lowest BCUT2D eigenvalue weighted by Crippen LogP contribution is -2.44. The van der Waals surface area contributed by atoms with Gasteiger partial charge in [-0.2, -0.15) is 0 Å². The number of ether oxygens (including phenoxy) is 4. The minimum atomic E-state index is -1.23. The molecule has 125 heavy (non-hydrogen) atoms. The van der Waals surface area contributed by atoms with E-state index in [9.17, 15) is 19.2 Å². The molecule has 0 N–H and O–H groups in total. The molecule has 0 aromatic heterocycles. The van der Waals surface area contributed by atoms with E-state index < -0.39 is 5.41 Å². The fourth-order valence-electron chi connectivity index (χ4n) is 19.1.